The lowest BCUT2D eigenvalue weighted by atomic mass is 10.1. The summed E-state index contributed by atoms with van der Waals surface area (Å²) in [6, 6.07) is 3.92. The number of carbonyl (C=O) groups is 1. The molecule has 1 amide bonds. The molecule has 25 heavy (non-hydrogen) atoms. The summed E-state index contributed by atoms with van der Waals surface area (Å²) in [6.45, 7) is 0.755. The molecule has 1 aliphatic rings. The zero-order valence-corrected chi connectivity index (χ0v) is 13.5. The van der Waals surface area contributed by atoms with E-state index in [2.05, 4.69) is 35.0 Å². The van der Waals surface area contributed by atoms with Crippen LogP contribution in [0.4, 0.5) is 0 Å². The van der Waals surface area contributed by atoms with Gasteiger partial charge < -0.3 is 9.88 Å². The maximum atomic E-state index is 12.3. The normalized spacial score (nSPS) is 16.7. The smallest absolute Gasteiger partial charge is 0.271 e. The van der Waals surface area contributed by atoms with Gasteiger partial charge in [0, 0.05) is 49.4 Å². The van der Waals surface area contributed by atoms with Crippen molar-refractivity contribution in [2.75, 3.05) is 0 Å². The number of nitrogens with one attached hydrogen (secondary N) is 1. The molecular formula is C17H17N7O. The number of aryl methyl sites for hydroxylation is 1. The van der Waals surface area contributed by atoms with E-state index in [0.717, 1.165) is 43.0 Å². The first kappa shape index (κ1) is 15.4. The summed E-state index contributed by atoms with van der Waals surface area (Å²) in [5.41, 5.74) is 1.33. The molecule has 1 N–H and O–H groups in total. The van der Waals surface area contributed by atoms with Gasteiger partial charge in [0.15, 0.2) is 5.82 Å². The molecule has 3 aromatic rings. The quantitative estimate of drug-likeness (QED) is 0.774. The van der Waals surface area contributed by atoms with Crippen LogP contribution in [0.1, 0.15) is 29.2 Å². The number of pyridine rings is 1. The van der Waals surface area contributed by atoms with Gasteiger partial charge >= 0.3 is 0 Å². The number of hydrogen-bond acceptors (Lipinski definition) is 6. The Kier molecular flexibility index (Phi) is 4.16. The van der Waals surface area contributed by atoms with Crippen LogP contribution in [-0.4, -0.2) is 41.7 Å². The molecule has 8 nitrogen and oxygen atoms in total. The van der Waals surface area contributed by atoms with Gasteiger partial charge in [-0.2, -0.15) is 0 Å². The van der Waals surface area contributed by atoms with Crippen molar-refractivity contribution < 1.29 is 4.79 Å². The summed E-state index contributed by atoms with van der Waals surface area (Å²) >= 11 is 0. The van der Waals surface area contributed by atoms with E-state index in [1.807, 2.05) is 12.1 Å². The molecule has 4 heterocycles. The van der Waals surface area contributed by atoms with Gasteiger partial charge in [-0.1, -0.05) is 0 Å². The molecule has 4 rings (SSSR count). The average Bonchev–Trinajstić information content (AvgIpc) is 2.98. The molecule has 0 fully saturated rings. The second-order valence-electron chi connectivity index (χ2n) is 5.92. The van der Waals surface area contributed by atoms with E-state index in [0.29, 0.717) is 5.69 Å². The van der Waals surface area contributed by atoms with Crippen LogP contribution < -0.4 is 5.32 Å². The maximum absolute atomic E-state index is 12.3. The molecule has 0 saturated heterocycles. The Bertz CT molecular complexity index is 863. The molecule has 1 unspecified atom stereocenters. The largest absolute Gasteiger partial charge is 0.348 e. The van der Waals surface area contributed by atoms with Gasteiger partial charge in [0.2, 0.25) is 0 Å². The number of rotatable bonds is 3. The first-order valence-corrected chi connectivity index (χ1v) is 8.20. The van der Waals surface area contributed by atoms with E-state index in [4.69, 9.17) is 0 Å². The molecule has 3 aromatic heterocycles. The summed E-state index contributed by atoms with van der Waals surface area (Å²) in [7, 11) is 0. The summed E-state index contributed by atoms with van der Waals surface area (Å²) < 4.78 is 2.13. The SMILES string of the molecule is O=C(NC1CCc2nnc(-c3ccncc3)n2CC1)c1cnccn1. The molecule has 0 aliphatic carbocycles. The van der Waals surface area contributed by atoms with Crippen molar-refractivity contribution in [3.8, 4) is 11.4 Å². The zero-order valence-electron chi connectivity index (χ0n) is 13.5. The van der Waals surface area contributed by atoms with Gasteiger partial charge in [-0.05, 0) is 25.0 Å². The first-order chi connectivity index (χ1) is 12.3. The number of nitrogens with zero attached hydrogens (tertiary/aromatic N) is 6. The van der Waals surface area contributed by atoms with Crippen LogP contribution >= 0.6 is 0 Å². The summed E-state index contributed by atoms with van der Waals surface area (Å²) in [5, 5.41) is 11.7. The summed E-state index contributed by atoms with van der Waals surface area (Å²) in [5.74, 6) is 1.60. The summed E-state index contributed by atoms with van der Waals surface area (Å²) in [6.07, 6.45) is 10.4. The van der Waals surface area contributed by atoms with E-state index in [9.17, 15) is 4.79 Å². The second-order valence-corrected chi connectivity index (χ2v) is 5.92. The molecule has 0 saturated carbocycles. The topological polar surface area (TPSA) is 98.5 Å². The standard InChI is InChI=1S/C17H17N7O/c25-17(14-11-19-8-9-20-14)21-13-1-2-15-22-23-16(24(15)10-5-13)12-3-6-18-7-4-12/h3-4,6-9,11,13H,1-2,5,10H2,(H,21,25). The Morgan fingerprint density at radius 1 is 1.08 bits per heavy atom. The van der Waals surface area contributed by atoms with Gasteiger partial charge in [0.25, 0.3) is 5.91 Å². The molecule has 1 atom stereocenters. The number of amides is 1. The molecule has 0 radical (unpaired) electrons. The number of hydrogen-bond donors (Lipinski definition) is 1. The number of carbonyl (C=O) groups excluding carboxylic acids is 1. The van der Waals surface area contributed by atoms with Crippen LogP contribution in [0.25, 0.3) is 11.4 Å². The van der Waals surface area contributed by atoms with Crippen molar-refractivity contribution in [1.82, 2.24) is 35.0 Å². The predicted molar refractivity (Wildman–Crippen MR) is 89.5 cm³/mol. The third kappa shape index (κ3) is 3.23. The molecule has 0 spiro atoms. The lowest BCUT2D eigenvalue weighted by Gasteiger charge is -2.15. The van der Waals surface area contributed by atoms with Crippen LogP contribution in [0, 0.1) is 0 Å². The highest BCUT2D eigenvalue weighted by molar-refractivity contribution is 5.92. The highest BCUT2D eigenvalue weighted by Crippen LogP contribution is 2.22. The van der Waals surface area contributed by atoms with Crippen molar-refractivity contribution in [2.45, 2.75) is 31.8 Å². The Hall–Kier alpha value is -3.16. The van der Waals surface area contributed by atoms with Crippen LogP contribution in [0.2, 0.25) is 0 Å². The van der Waals surface area contributed by atoms with E-state index >= 15 is 0 Å². The average molecular weight is 335 g/mol. The van der Waals surface area contributed by atoms with Gasteiger partial charge in [-0.25, -0.2) is 4.98 Å². The van der Waals surface area contributed by atoms with Gasteiger partial charge in [-0.3, -0.25) is 14.8 Å². The lowest BCUT2D eigenvalue weighted by Crippen LogP contribution is -2.35. The van der Waals surface area contributed by atoms with E-state index in [-0.39, 0.29) is 11.9 Å². The molecule has 126 valence electrons. The predicted octanol–water partition coefficient (Wildman–Crippen LogP) is 1.26. The Labute approximate surface area is 144 Å². The fourth-order valence-electron chi connectivity index (χ4n) is 3.02. The molecule has 8 heteroatoms. The molecular weight excluding hydrogens is 318 g/mol. The van der Waals surface area contributed by atoms with Crippen molar-refractivity contribution in [3.63, 3.8) is 0 Å². The van der Waals surface area contributed by atoms with Gasteiger partial charge in [0.05, 0.1) is 6.20 Å². The Morgan fingerprint density at radius 3 is 2.76 bits per heavy atom. The van der Waals surface area contributed by atoms with Crippen LogP contribution in [0.5, 0.6) is 0 Å². The third-order valence-electron chi connectivity index (χ3n) is 4.31. The maximum Gasteiger partial charge on any atom is 0.271 e. The third-order valence-corrected chi connectivity index (χ3v) is 4.31. The lowest BCUT2D eigenvalue weighted by molar-refractivity contribution is 0.0927. The van der Waals surface area contributed by atoms with E-state index in [1.165, 1.54) is 12.4 Å². The van der Waals surface area contributed by atoms with Crippen molar-refractivity contribution in [3.05, 3.63) is 54.6 Å². The first-order valence-electron chi connectivity index (χ1n) is 8.20. The fourth-order valence-corrected chi connectivity index (χ4v) is 3.02. The second kappa shape index (κ2) is 6.76. The highest BCUT2D eigenvalue weighted by Gasteiger charge is 2.22. The highest BCUT2D eigenvalue weighted by atomic mass is 16.1. The molecule has 0 bridgehead atoms. The minimum Gasteiger partial charge on any atom is -0.348 e. The van der Waals surface area contributed by atoms with Crippen molar-refractivity contribution in [1.29, 1.82) is 0 Å². The Morgan fingerprint density at radius 2 is 1.96 bits per heavy atom. The zero-order chi connectivity index (χ0) is 17.1. The molecule has 0 aromatic carbocycles. The fraction of sp³-hybridized carbons (Fsp3) is 0.294. The van der Waals surface area contributed by atoms with Gasteiger partial charge in [0.1, 0.15) is 11.5 Å². The Balaban J connectivity index is 1.48. The van der Waals surface area contributed by atoms with E-state index < -0.39 is 0 Å². The van der Waals surface area contributed by atoms with Gasteiger partial charge in [-0.15, -0.1) is 10.2 Å². The number of fused-ring (bicyclic) bond motifs is 1. The van der Waals surface area contributed by atoms with E-state index in [1.54, 1.807) is 18.6 Å². The summed E-state index contributed by atoms with van der Waals surface area (Å²) in [4.78, 5) is 24.3. The minimum atomic E-state index is -0.190. The number of aromatic nitrogens is 6. The van der Waals surface area contributed by atoms with Crippen LogP contribution in [0.15, 0.2) is 43.1 Å². The van der Waals surface area contributed by atoms with Crippen LogP contribution in [-0.2, 0) is 13.0 Å². The monoisotopic (exact) mass is 335 g/mol. The van der Waals surface area contributed by atoms with Crippen LogP contribution in [0.3, 0.4) is 0 Å². The van der Waals surface area contributed by atoms with Crippen molar-refractivity contribution in [2.24, 2.45) is 0 Å². The minimum absolute atomic E-state index is 0.0708. The molecule has 1 aliphatic heterocycles. The van der Waals surface area contributed by atoms with Crippen molar-refractivity contribution >= 4 is 5.91 Å².